The van der Waals surface area contributed by atoms with E-state index in [1.54, 1.807) is 0 Å². The van der Waals surface area contributed by atoms with Crippen molar-refractivity contribution in [1.29, 1.82) is 0 Å². The fourth-order valence-corrected chi connectivity index (χ4v) is 2.03. The number of hydrogen-bond acceptors (Lipinski definition) is 6. The van der Waals surface area contributed by atoms with E-state index in [0.717, 1.165) is 0 Å². The maximum atomic E-state index is 11.5. The number of amides is 4. The zero-order valence-electron chi connectivity index (χ0n) is 12.0. The molecule has 2 saturated heterocycles. The van der Waals surface area contributed by atoms with E-state index in [4.69, 9.17) is 9.47 Å². The molecule has 0 aromatic carbocycles. The van der Waals surface area contributed by atoms with Gasteiger partial charge < -0.3 is 29.9 Å². The molecule has 0 aromatic heterocycles. The van der Waals surface area contributed by atoms with E-state index in [0.29, 0.717) is 26.3 Å². The zero-order chi connectivity index (χ0) is 15.9. The summed E-state index contributed by atoms with van der Waals surface area (Å²) in [5.41, 5.74) is 0. The van der Waals surface area contributed by atoms with Gasteiger partial charge >= 0.3 is 24.0 Å². The van der Waals surface area contributed by atoms with Gasteiger partial charge in [-0.25, -0.2) is 9.59 Å². The molecule has 122 valence electrons. The molecule has 0 unspecified atom stereocenters. The first-order valence-corrected chi connectivity index (χ1v) is 6.97. The summed E-state index contributed by atoms with van der Waals surface area (Å²) in [6.45, 7) is 2.55. The summed E-state index contributed by atoms with van der Waals surface area (Å²) in [5, 5.41) is 4.82. The van der Waals surface area contributed by atoms with Crippen molar-refractivity contribution in [3.8, 4) is 0 Å². The number of carbonyl (C=O) groups is 4. The van der Waals surface area contributed by atoms with Crippen molar-refractivity contribution in [2.24, 2.45) is 0 Å². The van der Waals surface area contributed by atoms with Crippen LogP contribution in [0.4, 0.5) is 9.59 Å². The first-order chi connectivity index (χ1) is 10.6. The summed E-state index contributed by atoms with van der Waals surface area (Å²) >= 11 is 0. The quantitative estimate of drug-likeness (QED) is 0.554. The van der Waals surface area contributed by atoms with Crippen molar-refractivity contribution in [3.05, 3.63) is 0 Å². The lowest BCUT2D eigenvalue weighted by Gasteiger charge is -2.14. The van der Waals surface area contributed by atoms with Gasteiger partial charge in [-0.3, -0.25) is 9.59 Å². The van der Waals surface area contributed by atoms with Crippen LogP contribution in [-0.2, 0) is 19.1 Å². The van der Waals surface area contributed by atoms with Crippen LogP contribution >= 0.6 is 0 Å². The van der Waals surface area contributed by atoms with Crippen LogP contribution < -0.4 is 10.6 Å². The van der Waals surface area contributed by atoms with Crippen LogP contribution in [0.3, 0.4) is 0 Å². The Morgan fingerprint density at radius 1 is 0.864 bits per heavy atom. The van der Waals surface area contributed by atoms with Crippen molar-refractivity contribution < 1.29 is 28.7 Å². The maximum Gasteiger partial charge on any atom is 0.409 e. The molecule has 0 bridgehead atoms. The van der Waals surface area contributed by atoms with E-state index in [1.807, 2.05) is 0 Å². The van der Waals surface area contributed by atoms with Crippen LogP contribution in [0.25, 0.3) is 0 Å². The summed E-state index contributed by atoms with van der Waals surface area (Å²) < 4.78 is 9.47. The summed E-state index contributed by atoms with van der Waals surface area (Å²) in [7, 11) is 0. The molecule has 2 rings (SSSR count). The smallest absolute Gasteiger partial charge is 0.409 e. The molecule has 0 radical (unpaired) electrons. The van der Waals surface area contributed by atoms with Gasteiger partial charge in [-0.1, -0.05) is 0 Å². The SMILES string of the molecule is O=C(NCCN1CCOC1=O)C(=O)NCCN1CCOC1=O. The number of nitrogens with zero attached hydrogens (tertiary/aromatic N) is 2. The standard InChI is InChI=1S/C12H18N4O6/c17-9(13-1-3-15-5-7-21-11(15)19)10(18)14-2-4-16-6-8-22-12(16)20/h1-8H2,(H,13,17)(H,14,18). The Morgan fingerprint density at radius 3 is 1.59 bits per heavy atom. The minimum Gasteiger partial charge on any atom is -0.448 e. The topological polar surface area (TPSA) is 117 Å². The molecule has 2 aliphatic rings. The van der Waals surface area contributed by atoms with Gasteiger partial charge in [-0.15, -0.1) is 0 Å². The summed E-state index contributed by atoms with van der Waals surface area (Å²) in [6, 6.07) is 0. The minimum absolute atomic E-state index is 0.166. The Kier molecular flexibility index (Phi) is 5.39. The molecular weight excluding hydrogens is 296 g/mol. The van der Waals surface area contributed by atoms with Crippen LogP contribution in [0, 0.1) is 0 Å². The van der Waals surface area contributed by atoms with Gasteiger partial charge in [-0.2, -0.15) is 0 Å². The monoisotopic (exact) mass is 314 g/mol. The third kappa shape index (κ3) is 4.24. The molecule has 2 fully saturated rings. The number of hydrogen-bond donors (Lipinski definition) is 2. The predicted molar refractivity (Wildman–Crippen MR) is 71.9 cm³/mol. The van der Waals surface area contributed by atoms with Crippen molar-refractivity contribution in [1.82, 2.24) is 20.4 Å². The maximum absolute atomic E-state index is 11.5. The molecule has 22 heavy (non-hydrogen) atoms. The first-order valence-electron chi connectivity index (χ1n) is 6.97. The second-order valence-corrected chi connectivity index (χ2v) is 4.71. The van der Waals surface area contributed by atoms with Gasteiger partial charge in [0.25, 0.3) is 0 Å². The van der Waals surface area contributed by atoms with Gasteiger partial charge in [0.05, 0.1) is 13.1 Å². The predicted octanol–water partition coefficient (Wildman–Crippen LogP) is -1.88. The highest BCUT2D eigenvalue weighted by Crippen LogP contribution is 2.01. The van der Waals surface area contributed by atoms with E-state index in [9.17, 15) is 19.2 Å². The van der Waals surface area contributed by atoms with Gasteiger partial charge in [0.1, 0.15) is 13.2 Å². The Balaban J connectivity index is 1.57. The molecule has 4 amide bonds. The van der Waals surface area contributed by atoms with Gasteiger partial charge in [0.2, 0.25) is 0 Å². The molecule has 0 aromatic rings. The Labute approximate surface area is 126 Å². The molecule has 2 N–H and O–H groups in total. The summed E-state index contributed by atoms with van der Waals surface area (Å²) in [6.07, 6.45) is -0.840. The fourth-order valence-electron chi connectivity index (χ4n) is 2.03. The van der Waals surface area contributed by atoms with E-state index in [-0.39, 0.29) is 26.2 Å². The summed E-state index contributed by atoms with van der Waals surface area (Å²) in [5.74, 6) is -1.56. The fraction of sp³-hybridized carbons (Fsp3) is 0.667. The third-order valence-corrected chi connectivity index (χ3v) is 3.23. The molecule has 10 nitrogen and oxygen atoms in total. The van der Waals surface area contributed by atoms with E-state index in [2.05, 4.69) is 10.6 Å². The Morgan fingerprint density at radius 2 is 1.27 bits per heavy atom. The van der Waals surface area contributed by atoms with Gasteiger partial charge in [-0.05, 0) is 0 Å². The number of ether oxygens (including phenoxy) is 2. The summed E-state index contributed by atoms with van der Waals surface area (Å²) in [4.78, 5) is 48.2. The largest absolute Gasteiger partial charge is 0.448 e. The van der Waals surface area contributed by atoms with E-state index in [1.165, 1.54) is 9.80 Å². The molecular formula is C12H18N4O6. The number of nitrogens with one attached hydrogen (secondary N) is 2. The lowest BCUT2D eigenvalue weighted by atomic mass is 10.4. The zero-order valence-corrected chi connectivity index (χ0v) is 12.0. The molecule has 2 aliphatic heterocycles. The van der Waals surface area contributed by atoms with Crippen LogP contribution in [0.1, 0.15) is 0 Å². The third-order valence-electron chi connectivity index (χ3n) is 3.23. The van der Waals surface area contributed by atoms with Gasteiger partial charge in [0.15, 0.2) is 0 Å². The molecule has 2 heterocycles. The highest BCUT2D eigenvalue weighted by Gasteiger charge is 2.23. The van der Waals surface area contributed by atoms with E-state index >= 15 is 0 Å². The second kappa shape index (κ2) is 7.48. The average molecular weight is 314 g/mol. The van der Waals surface area contributed by atoms with Crippen molar-refractivity contribution in [2.75, 3.05) is 52.5 Å². The van der Waals surface area contributed by atoms with Crippen LogP contribution in [0.2, 0.25) is 0 Å². The highest BCUT2D eigenvalue weighted by atomic mass is 16.6. The molecule has 10 heteroatoms. The Bertz CT molecular complexity index is 427. The van der Waals surface area contributed by atoms with Crippen LogP contribution in [-0.4, -0.2) is 86.3 Å². The van der Waals surface area contributed by atoms with Gasteiger partial charge in [0, 0.05) is 26.2 Å². The van der Waals surface area contributed by atoms with Crippen LogP contribution in [0.15, 0.2) is 0 Å². The highest BCUT2D eigenvalue weighted by molar-refractivity contribution is 6.35. The molecule has 0 atom stereocenters. The minimum atomic E-state index is -0.781. The first kappa shape index (κ1) is 15.9. The van der Waals surface area contributed by atoms with E-state index < -0.39 is 24.0 Å². The van der Waals surface area contributed by atoms with Crippen LogP contribution in [0.5, 0.6) is 0 Å². The number of rotatable bonds is 6. The molecule has 0 aliphatic carbocycles. The second-order valence-electron chi connectivity index (χ2n) is 4.71. The van der Waals surface area contributed by atoms with Crippen molar-refractivity contribution in [2.45, 2.75) is 0 Å². The molecule has 0 spiro atoms. The van der Waals surface area contributed by atoms with Crippen molar-refractivity contribution in [3.63, 3.8) is 0 Å². The van der Waals surface area contributed by atoms with Crippen molar-refractivity contribution >= 4 is 24.0 Å². The lowest BCUT2D eigenvalue weighted by Crippen LogP contribution is -2.45. The normalized spacial score (nSPS) is 17.3. The average Bonchev–Trinajstić information content (AvgIpc) is 3.08. The number of carbonyl (C=O) groups excluding carboxylic acids is 4. The lowest BCUT2D eigenvalue weighted by molar-refractivity contribution is -0.139. The number of cyclic esters (lactones) is 2. The Hall–Kier alpha value is -2.52. The molecule has 0 saturated carbocycles.